The molecule has 0 N–H and O–H groups in total. The van der Waals surface area contributed by atoms with Crippen LogP contribution in [-0.4, -0.2) is 71.6 Å². The van der Waals surface area contributed by atoms with Gasteiger partial charge in [-0.3, -0.25) is 9.80 Å². The van der Waals surface area contributed by atoms with Gasteiger partial charge in [-0.1, -0.05) is 0 Å². The zero-order valence-electron chi connectivity index (χ0n) is 16.5. The summed E-state index contributed by atoms with van der Waals surface area (Å²) in [5.41, 5.74) is 1.35. The summed E-state index contributed by atoms with van der Waals surface area (Å²) in [6.45, 7) is 23.5. The smallest absolute Gasteiger partial charge is 0.0125 e. The first kappa shape index (κ1) is 17.7. The Balaban J connectivity index is 1.42. The van der Waals surface area contributed by atoms with Gasteiger partial charge in [0.2, 0.25) is 0 Å². The fraction of sp³-hybridized carbons (Fsp3) is 1.00. The molecule has 3 aliphatic heterocycles. The lowest BCUT2D eigenvalue weighted by molar-refractivity contribution is -0.0529. The molecule has 0 aromatic heterocycles. The standard InChI is InChI=1S/C20H39N3/c1-18(2,3)22-10-7-17(8-11-22)13-21-12-9-20(14-21)15-23(16-20)19(4,5)6/h17H,7-16H2,1-6H3. The van der Waals surface area contributed by atoms with E-state index in [1.165, 1.54) is 65.1 Å². The van der Waals surface area contributed by atoms with E-state index >= 15 is 0 Å². The Morgan fingerprint density at radius 3 is 1.87 bits per heavy atom. The molecule has 0 aliphatic carbocycles. The lowest BCUT2D eigenvalue weighted by Gasteiger charge is -2.54. The van der Waals surface area contributed by atoms with Crippen LogP contribution in [0.1, 0.15) is 60.8 Å². The molecular weight excluding hydrogens is 282 g/mol. The molecule has 3 rings (SSSR count). The van der Waals surface area contributed by atoms with E-state index < -0.39 is 0 Å². The minimum atomic E-state index is 0.352. The van der Waals surface area contributed by atoms with E-state index in [4.69, 9.17) is 0 Å². The van der Waals surface area contributed by atoms with Gasteiger partial charge >= 0.3 is 0 Å². The van der Waals surface area contributed by atoms with E-state index in [2.05, 4.69) is 56.2 Å². The van der Waals surface area contributed by atoms with Gasteiger partial charge in [-0.2, -0.15) is 0 Å². The minimum Gasteiger partial charge on any atom is -0.302 e. The van der Waals surface area contributed by atoms with Gasteiger partial charge in [-0.25, -0.2) is 0 Å². The molecular formula is C20H39N3. The molecule has 3 heterocycles. The van der Waals surface area contributed by atoms with Crippen LogP contribution in [0.3, 0.4) is 0 Å². The molecule has 3 aliphatic rings. The second-order valence-electron chi connectivity index (χ2n) is 10.6. The Kier molecular flexibility index (Phi) is 4.61. The van der Waals surface area contributed by atoms with E-state index in [9.17, 15) is 0 Å². The van der Waals surface area contributed by atoms with Gasteiger partial charge < -0.3 is 4.90 Å². The lowest BCUT2D eigenvalue weighted by atomic mass is 9.76. The highest BCUT2D eigenvalue weighted by atomic mass is 15.3. The summed E-state index contributed by atoms with van der Waals surface area (Å²) in [7, 11) is 0. The summed E-state index contributed by atoms with van der Waals surface area (Å²) in [5, 5.41) is 0. The second kappa shape index (κ2) is 6.00. The molecule has 23 heavy (non-hydrogen) atoms. The quantitative estimate of drug-likeness (QED) is 0.772. The van der Waals surface area contributed by atoms with Crippen LogP contribution in [-0.2, 0) is 0 Å². The third kappa shape index (κ3) is 3.93. The Morgan fingerprint density at radius 1 is 0.783 bits per heavy atom. The fourth-order valence-electron chi connectivity index (χ4n) is 4.83. The fourth-order valence-corrected chi connectivity index (χ4v) is 4.83. The van der Waals surface area contributed by atoms with Gasteiger partial charge in [0.05, 0.1) is 0 Å². The van der Waals surface area contributed by atoms with Gasteiger partial charge in [0.1, 0.15) is 0 Å². The normalized spacial score (nSPS) is 28.4. The van der Waals surface area contributed by atoms with Gasteiger partial charge in [0, 0.05) is 42.7 Å². The molecule has 3 fully saturated rings. The van der Waals surface area contributed by atoms with Crippen molar-refractivity contribution in [3.05, 3.63) is 0 Å². The molecule has 0 aromatic carbocycles. The lowest BCUT2D eigenvalue weighted by Crippen LogP contribution is -2.63. The predicted molar refractivity (Wildman–Crippen MR) is 98.9 cm³/mol. The molecule has 0 unspecified atom stereocenters. The first-order chi connectivity index (χ1) is 10.6. The highest BCUT2D eigenvalue weighted by molar-refractivity contribution is 5.04. The molecule has 0 bridgehead atoms. The van der Waals surface area contributed by atoms with Crippen molar-refractivity contribution < 1.29 is 0 Å². The van der Waals surface area contributed by atoms with Crippen LogP contribution in [0, 0.1) is 11.3 Å². The molecule has 134 valence electrons. The van der Waals surface area contributed by atoms with Crippen molar-refractivity contribution >= 4 is 0 Å². The van der Waals surface area contributed by atoms with Crippen molar-refractivity contribution in [2.75, 3.05) is 45.8 Å². The maximum atomic E-state index is 2.79. The molecule has 3 saturated heterocycles. The summed E-state index contributed by atoms with van der Waals surface area (Å²) in [5.74, 6) is 0.933. The third-order valence-electron chi connectivity index (χ3n) is 6.60. The van der Waals surface area contributed by atoms with Crippen LogP contribution in [0.2, 0.25) is 0 Å². The maximum absolute atomic E-state index is 2.79. The number of hydrogen-bond acceptors (Lipinski definition) is 3. The first-order valence-electron chi connectivity index (χ1n) is 9.80. The average Bonchev–Trinajstić information content (AvgIpc) is 2.80. The molecule has 3 nitrogen and oxygen atoms in total. The predicted octanol–water partition coefficient (Wildman–Crippen LogP) is 3.30. The van der Waals surface area contributed by atoms with E-state index in [0.29, 0.717) is 16.5 Å². The number of piperidine rings is 1. The monoisotopic (exact) mass is 321 g/mol. The molecule has 0 radical (unpaired) electrons. The van der Waals surface area contributed by atoms with Crippen LogP contribution in [0.15, 0.2) is 0 Å². The second-order valence-corrected chi connectivity index (χ2v) is 10.6. The maximum Gasteiger partial charge on any atom is 0.0125 e. The SMILES string of the molecule is CC(C)(C)N1CCC(CN2CCC3(C2)CN(C(C)(C)C)C3)CC1. The van der Waals surface area contributed by atoms with Crippen LogP contribution in [0.25, 0.3) is 0 Å². The summed E-state index contributed by atoms with van der Waals surface area (Å²) >= 11 is 0. The Morgan fingerprint density at radius 2 is 1.35 bits per heavy atom. The minimum absolute atomic E-state index is 0.352. The number of hydrogen-bond donors (Lipinski definition) is 0. The van der Waals surface area contributed by atoms with E-state index in [0.717, 1.165) is 5.92 Å². The first-order valence-corrected chi connectivity index (χ1v) is 9.80. The van der Waals surface area contributed by atoms with Crippen molar-refractivity contribution in [3.63, 3.8) is 0 Å². The molecule has 0 amide bonds. The molecule has 0 aromatic rings. The van der Waals surface area contributed by atoms with Gasteiger partial charge in [0.25, 0.3) is 0 Å². The average molecular weight is 322 g/mol. The van der Waals surface area contributed by atoms with Gasteiger partial charge in [-0.05, 0) is 86.4 Å². The summed E-state index contributed by atoms with van der Waals surface area (Å²) in [6.07, 6.45) is 4.23. The summed E-state index contributed by atoms with van der Waals surface area (Å²) in [4.78, 5) is 8.12. The van der Waals surface area contributed by atoms with Crippen molar-refractivity contribution in [2.24, 2.45) is 11.3 Å². The molecule has 3 heteroatoms. The highest BCUT2D eigenvalue weighted by Crippen LogP contribution is 2.43. The van der Waals surface area contributed by atoms with Crippen LogP contribution >= 0.6 is 0 Å². The Bertz CT molecular complexity index is 404. The van der Waals surface area contributed by atoms with Crippen molar-refractivity contribution in [3.8, 4) is 0 Å². The third-order valence-corrected chi connectivity index (χ3v) is 6.60. The van der Waals surface area contributed by atoms with Crippen LogP contribution in [0.4, 0.5) is 0 Å². The zero-order valence-corrected chi connectivity index (χ0v) is 16.5. The highest BCUT2D eigenvalue weighted by Gasteiger charge is 2.50. The van der Waals surface area contributed by atoms with E-state index in [-0.39, 0.29) is 0 Å². The van der Waals surface area contributed by atoms with Crippen molar-refractivity contribution in [1.82, 2.24) is 14.7 Å². The van der Waals surface area contributed by atoms with E-state index in [1.807, 2.05) is 0 Å². The van der Waals surface area contributed by atoms with E-state index in [1.54, 1.807) is 0 Å². The largest absolute Gasteiger partial charge is 0.302 e. The number of likely N-dealkylation sites (tertiary alicyclic amines) is 3. The molecule has 1 spiro atoms. The van der Waals surface area contributed by atoms with Crippen LogP contribution < -0.4 is 0 Å². The molecule has 0 saturated carbocycles. The Hall–Kier alpha value is -0.120. The van der Waals surface area contributed by atoms with Crippen LogP contribution in [0.5, 0.6) is 0 Å². The Labute approximate surface area is 144 Å². The van der Waals surface area contributed by atoms with Crippen molar-refractivity contribution in [2.45, 2.75) is 71.9 Å². The summed E-state index contributed by atoms with van der Waals surface area (Å²) < 4.78 is 0. The zero-order chi connectivity index (χ0) is 16.9. The number of rotatable bonds is 2. The van der Waals surface area contributed by atoms with Gasteiger partial charge in [-0.15, -0.1) is 0 Å². The molecule has 0 atom stereocenters. The topological polar surface area (TPSA) is 9.72 Å². The number of nitrogens with zero attached hydrogens (tertiary/aromatic N) is 3. The van der Waals surface area contributed by atoms with Gasteiger partial charge in [0.15, 0.2) is 0 Å². The summed E-state index contributed by atoms with van der Waals surface area (Å²) in [6, 6.07) is 0. The van der Waals surface area contributed by atoms with Crippen molar-refractivity contribution in [1.29, 1.82) is 0 Å².